The van der Waals surface area contributed by atoms with Crippen LogP contribution < -0.4 is 4.74 Å². The lowest BCUT2D eigenvalue weighted by Crippen LogP contribution is -2.04. The molecule has 0 aliphatic carbocycles. The van der Waals surface area contributed by atoms with Crippen molar-refractivity contribution in [1.82, 2.24) is 0 Å². The van der Waals surface area contributed by atoms with E-state index in [2.05, 4.69) is 84.6 Å². The van der Waals surface area contributed by atoms with Crippen LogP contribution in [0.1, 0.15) is 112 Å². The lowest BCUT2D eigenvalue weighted by molar-refractivity contribution is 0.485. The van der Waals surface area contributed by atoms with Gasteiger partial charge in [-0.2, -0.15) is 4.99 Å². The second-order valence-corrected chi connectivity index (χ2v) is 9.42. The van der Waals surface area contributed by atoms with Gasteiger partial charge in [-0.15, -0.1) is 5.26 Å². The Morgan fingerprint density at radius 1 is 0.774 bits per heavy atom. The van der Waals surface area contributed by atoms with Crippen LogP contribution in [0.5, 0.6) is 5.75 Å². The minimum atomic E-state index is 0.238. The molecule has 31 heavy (non-hydrogen) atoms. The number of rotatable bonds is 8. The molecule has 0 atom stereocenters. The molecule has 0 fully saturated rings. The molecule has 0 bridgehead atoms. The molecule has 4 nitrogen and oxygen atoms in total. The molecular weight excluding hydrogens is 384 g/mol. The first kappa shape index (κ1) is 24.4. The van der Waals surface area contributed by atoms with Crippen molar-refractivity contribution in [2.45, 2.75) is 85.5 Å². The molecule has 164 valence electrons. The zero-order valence-electron chi connectivity index (χ0n) is 20.0. The number of benzene rings is 2. The summed E-state index contributed by atoms with van der Waals surface area (Å²) < 4.78 is 5.40. The van der Waals surface area contributed by atoms with Crippen LogP contribution in [0, 0.1) is 11.5 Å². The Balaban J connectivity index is 2.67. The fourth-order valence-corrected chi connectivity index (χ4v) is 4.00. The maximum atomic E-state index is 11.1. The van der Waals surface area contributed by atoms with E-state index in [0.29, 0.717) is 5.75 Å². The molecule has 4 heteroatoms. The highest BCUT2D eigenvalue weighted by Gasteiger charge is 2.20. The zero-order valence-corrected chi connectivity index (χ0v) is 20.0. The van der Waals surface area contributed by atoms with Crippen molar-refractivity contribution in [3.8, 4) is 12.0 Å². The Labute approximate surface area is 187 Å². The highest BCUT2D eigenvalue weighted by atomic mass is 16.5. The van der Waals surface area contributed by atoms with Crippen molar-refractivity contribution >= 4 is 11.8 Å². The molecule has 0 spiro atoms. The van der Waals surface area contributed by atoms with E-state index in [9.17, 15) is 4.79 Å². The number of isocyanates is 1. The number of ether oxygens (including phenoxy) is 1. The van der Waals surface area contributed by atoms with E-state index in [1.54, 1.807) is 6.08 Å². The standard InChI is InChI=1S/C27H34N2O2/c1-16(2)22-10-20(11-23(17(3)4)26(22)29-15-30)9-21-12-24(18(5)6)27(31-14-28)25(13-21)19(7)8/h10-13,16-19H,9H2,1-8H3. The molecule has 0 heterocycles. The monoisotopic (exact) mass is 418 g/mol. The SMILES string of the molecule is CC(C)c1cc(Cc2cc(C(C)C)c(OC#N)c(C(C)C)c2)cc(C(C)C)c1N=C=O. The van der Waals surface area contributed by atoms with Crippen LogP contribution in [0.3, 0.4) is 0 Å². The van der Waals surface area contributed by atoms with Gasteiger partial charge in [0.15, 0.2) is 0 Å². The summed E-state index contributed by atoms with van der Waals surface area (Å²) in [5.74, 6) is 1.66. The Morgan fingerprint density at radius 3 is 1.48 bits per heavy atom. The first-order valence-electron chi connectivity index (χ1n) is 11.1. The third-order valence-corrected chi connectivity index (χ3v) is 5.64. The van der Waals surface area contributed by atoms with Crippen molar-refractivity contribution in [2.24, 2.45) is 4.99 Å². The van der Waals surface area contributed by atoms with Crippen LogP contribution in [0.25, 0.3) is 0 Å². The van der Waals surface area contributed by atoms with Gasteiger partial charge in [0, 0.05) is 0 Å². The normalized spacial score (nSPS) is 11.2. The molecule has 0 aliphatic heterocycles. The summed E-state index contributed by atoms with van der Waals surface area (Å²) in [7, 11) is 0. The minimum Gasteiger partial charge on any atom is -0.387 e. The lowest BCUT2D eigenvalue weighted by Gasteiger charge is -2.21. The first-order chi connectivity index (χ1) is 14.6. The van der Waals surface area contributed by atoms with Gasteiger partial charge in [0.1, 0.15) is 5.75 Å². The van der Waals surface area contributed by atoms with Gasteiger partial charge in [0.25, 0.3) is 6.26 Å². The summed E-state index contributed by atoms with van der Waals surface area (Å²) in [6, 6.07) is 8.64. The molecule has 2 aromatic carbocycles. The van der Waals surface area contributed by atoms with Crippen LogP contribution in [-0.4, -0.2) is 6.08 Å². The van der Waals surface area contributed by atoms with Gasteiger partial charge in [-0.1, -0.05) is 79.7 Å². The molecule has 0 amide bonds. The Hall–Kier alpha value is -2.89. The summed E-state index contributed by atoms with van der Waals surface area (Å²) in [5, 5.41) is 9.16. The topological polar surface area (TPSA) is 62.4 Å². The summed E-state index contributed by atoms with van der Waals surface area (Å²) in [6.07, 6.45) is 4.36. The highest BCUT2D eigenvalue weighted by molar-refractivity contribution is 5.62. The zero-order chi connectivity index (χ0) is 23.3. The van der Waals surface area contributed by atoms with Crippen LogP contribution >= 0.6 is 0 Å². The fourth-order valence-electron chi connectivity index (χ4n) is 4.00. The molecule has 0 aromatic heterocycles. The summed E-state index contributed by atoms with van der Waals surface area (Å²) in [6.45, 7) is 17.0. The Kier molecular flexibility index (Phi) is 8.20. The van der Waals surface area contributed by atoms with E-state index in [-0.39, 0.29) is 23.7 Å². The minimum absolute atomic E-state index is 0.238. The molecule has 0 unspecified atom stereocenters. The van der Waals surface area contributed by atoms with Gasteiger partial charge >= 0.3 is 0 Å². The molecule has 0 N–H and O–H groups in total. The second kappa shape index (κ2) is 10.4. The third kappa shape index (κ3) is 5.63. The lowest BCUT2D eigenvalue weighted by atomic mass is 9.86. The smallest absolute Gasteiger partial charge is 0.292 e. The largest absolute Gasteiger partial charge is 0.387 e. The molecule has 0 saturated heterocycles. The van der Waals surface area contributed by atoms with E-state index < -0.39 is 0 Å². The van der Waals surface area contributed by atoms with E-state index in [4.69, 9.17) is 10.00 Å². The van der Waals surface area contributed by atoms with Crippen LogP contribution in [0.4, 0.5) is 5.69 Å². The molecule has 0 saturated carbocycles. The van der Waals surface area contributed by atoms with Crippen LogP contribution in [-0.2, 0) is 11.2 Å². The second-order valence-electron chi connectivity index (χ2n) is 9.42. The van der Waals surface area contributed by atoms with E-state index in [1.165, 1.54) is 11.1 Å². The number of nitrogens with zero attached hydrogens (tertiary/aromatic N) is 2. The quantitative estimate of drug-likeness (QED) is 0.252. The molecule has 0 aliphatic rings. The van der Waals surface area contributed by atoms with Crippen LogP contribution in [0.15, 0.2) is 29.3 Å². The van der Waals surface area contributed by atoms with Crippen molar-refractivity contribution < 1.29 is 9.53 Å². The van der Waals surface area contributed by atoms with Crippen molar-refractivity contribution in [1.29, 1.82) is 5.26 Å². The van der Waals surface area contributed by atoms with E-state index >= 15 is 0 Å². The number of aliphatic imine (C=N–C) groups is 1. The molecular formula is C27H34N2O2. The Bertz CT molecular complexity index is 962. The van der Waals surface area contributed by atoms with Gasteiger partial charge in [-0.05, 0) is 63.5 Å². The van der Waals surface area contributed by atoms with Gasteiger partial charge in [0.05, 0.1) is 5.69 Å². The van der Waals surface area contributed by atoms with Crippen molar-refractivity contribution in [3.63, 3.8) is 0 Å². The summed E-state index contributed by atoms with van der Waals surface area (Å²) in [4.78, 5) is 15.1. The van der Waals surface area contributed by atoms with Crippen LogP contribution in [0.2, 0.25) is 0 Å². The number of carbonyl (C=O) groups excluding carboxylic acids is 1. The van der Waals surface area contributed by atoms with Gasteiger partial charge in [-0.3, -0.25) is 0 Å². The predicted molar refractivity (Wildman–Crippen MR) is 126 cm³/mol. The highest BCUT2D eigenvalue weighted by Crippen LogP contribution is 2.39. The molecule has 0 radical (unpaired) electrons. The van der Waals surface area contributed by atoms with Gasteiger partial charge < -0.3 is 4.74 Å². The van der Waals surface area contributed by atoms with Gasteiger partial charge in [0.2, 0.25) is 6.08 Å². The maximum Gasteiger partial charge on any atom is 0.292 e. The summed E-state index contributed by atoms with van der Waals surface area (Å²) in [5.41, 5.74) is 7.39. The molecule has 2 rings (SSSR count). The predicted octanol–water partition coefficient (Wildman–Crippen LogP) is 7.60. The number of hydrogen-bond acceptors (Lipinski definition) is 4. The summed E-state index contributed by atoms with van der Waals surface area (Å²) >= 11 is 0. The average Bonchev–Trinajstić information content (AvgIpc) is 2.69. The van der Waals surface area contributed by atoms with E-state index in [1.807, 2.05) is 6.26 Å². The first-order valence-corrected chi connectivity index (χ1v) is 11.1. The molecule has 2 aromatic rings. The maximum absolute atomic E-state index is 11.1. The number of hydrogen-bond donors (Lipinski definition) is 0. The van der Waals surface area contributed by atoms with Crippen molar-refractivity contribution in [3.05, 3.63) is 57.6 Å². The average molecular weight is 419 g/mol. The number of nitriles is 1. The van der Waals surface area contributed by atoms with Crippen molar-refractivity contribution in [2.75, 3.05) is 0 Å². The third-order valence-electron chi connectivity index (χ3n) is 5.64. The van der Waals surface area contributed by atoms with E-state index in [0.717, 1.165) is 34.4 Å². The fraction of sp³-hybridized carbons (Fsp3) is 0.481. The van der Waals surface area contributed by atoms with Gasteiger partial charge in [-0.25, -0.2) is 4.79 Å². The Morgan fingerprint density at radius 2 is 1.16 bits per heavy atom.